The summed E-state index contributed by atoms with van der Waals surface area (Å²) in [5.74, 6) is 0.477. The Kier molecular flexibility index (Phi) is 5.51. The van der Waals surface area contributed by atoms with Crippen LogP contribution in [0.1, 0.15) is 22.8 Å². The molecule has 1 amide bonds. The van der Waals surface area contributed by atoms with E-state index >= 15 is 0 Å². The van der Waals surface area contributed by atoms with Gasteiger partial charge in [0.2, 0.25) is 0 Å². The molecule has 1 aromatic heterocycles. The highest BCUT2D eigenvalue weighted by atomic mass is 16.6. The third-order valence-electron chi connectivity index (χ3n) is 4.83. The fourth-order valence-electron chi connectivity index (χ4n) is 3.20. The van der Waals surface area contributed by atoms with Gasteiger partial charge in [0.15, 0.2) is 18.1 Å². The van der Waals surface area contributed by atoms with E-state index in [0.29, 0.717) is 48.9 Å². The molecule has 4 rings (SSSR count). The van der Waals surface area contributed by atoms with Gasteiger partial charge in [0.25, 0.3) is 5.91 Å². The molecule has 2 aromatic carbocycles. The number of carbonyl (C=O) groups excluding carboxylic acids is 2. The number of rotatable bonds is 6. The summed E-state index contributed by atoms with van der Waals surface area (Å²) in [7, 11) is 1.65. The minimum Gasteiger partial charge on any atom is -0.486 e. The summed E-state index contributed by atoms with van der Waals surface area (Å²) in [6.45, 7) is 3.69. The number of likely N-dealkylation sites (N-methyl/N-ethyl adjacent to an activating group) is 1. The van der Waals surface area contributed by atoms with E-state index in [0.717, 1.165) is 11.1 Å². The van der Waals surface area contributed by atoms with Gasteiger partial charge in [-0.15, -0.1) is 5.10 Å². The summed E-state index contributed by atoms with van der Waals surface area (Å²) in [5, 5.41) is 8.06. The minimum atomic E-state index is -0.580. The number of amides is 1. The molecule has 0 aliphatic carbocycles. The van der Waals surface area contributed by atoms with E-state index in [1.54, 1.807) is 29.9 Å². The van der Waals surface area contributed by atoms with Gasteiger partial charge in [-0.25, -0.2) is 9.48 Å². The number of hydrogen-bond donors (Lipinski definition) is 0. The monoisotopic (exact) mass is 410 g/mol. The molecule has 9 heteroatoms. The Labute approximate surface area is 173 Å². The molecule has 1 aliphatic rings. The van der Waals surface area contributed by atoms with E-state index in [1.165, 1.54) is 4.90 Å². The van der Waals surface area contributed by atoms with E-state index in [4.69, 9.17) is 14.2 Å². The van der Waals surface area contributed by atoms with Gasteiger partial charge in [0.1, 0.15) is 18.7 Å². The molecule has 0 bridgehead atoms. The van der Waals surface area contributed by atoms with E-state index in [2.05, 4.69) is 10.3 Å². The van der Waals surface area contributed by atoms with Crippen molar-refractivity contribution >= 4 is 22.9 Å². The molecule has 30 heavy (non-hydrogen) atoms. The molecular formula is C21H22N4O5. The van der Waals surface area contributed by atoms with Gasteiger partial charge in [-0.1, -0.05) is 11.3 Å². The number of aryl methyl sites for hydroxylation is 1. The second-order valence-corrected chi connectivity index (χ2v) is 6.91. The lowest BCUT2D eigenvalue weighted by Gasteiger charge is -2.21. The van der Waals surface area contributed by atoms with Gasteiger partial charge in [-0.2, -0.15) is 0 Å². The first kappa shape index (κ1) is 19.7. The highest BCUT2D eigenvalue weighted by Gasteiger charge is 2.17. The Morgan fingerprint density at radius 3 is 2.73 bits per heavy atom. The van der Waals surface area contributed by atoms with Crippen LogP contribution in [0.15, 0.2) is 36.4 Å². The third kappa shape index (κ3) is 4.05. The smallest absolute Gasteiger partial charge is 0.338 e. The van der Waals surface area contributed by atoms with Gasteiger partial charge < -0.3 is 19.1 Å². The lowest BCUT2D eigenvalue weighted by atomic mass is 10.2. The minimum absolute atomic E-state index is 0.309. The van der Waals surface area contributed by atoms with Crippen molar-refractivity contribution in [3.05, 3.63) is 47.5 Å². The van der Waals surface area contributed by atoms with Gasteiger partial charge in [-0.3, -0.25) is 4.79 Å². The van der Waals surface area contributed by atoms with Crippen molar-refractivity contribution in [3.63, 3.8) is 0 Å². The molecule has 0 spiro atoms. The molecule has 0 N–H and O–H groups in total. The van der Waals surface area contributed by atoms with Crippen molar-refractivity contribution in [1.82, 2.24) is 19.9 Å². The van der Waals surface area contributed by atoms with E-state index in [-0.39, 0.29) is 12.5 Å². The molecule has 0 unspecified atom stereocenters. The predicted octanol–water partition coefficient (Wildman–Crippen LogP) is 2.04. The van der Waals surface area contributed by atoms with Crippen LogP contribution in [0.25, 0.3) is 11.0 Å². The van der Waals surface area contributed by atoms with Crippen molar-refractivity contribution < 1.29 is 23.8 Å². The summed E-state index contributed by atoms with van der Waals surface area (Å²) in [6.07, 6.45) is 0. The second kappa shape index (κ2) is 8.40. The molecule has 0 saturated heterocycles. The first-order chi connectivity index (χ1) is 14.5. The van der Waals surface area contributed by atoms with Crippen molar-refractivity contribution in [3.8, 4) is 11.5 Å². The molecular weight excluding hydrogens is 388 g/mol. The summed E-state index contributed by atoms with van der Waals surface area (Å²) in [5.41, 5.74) is 2.66. The fourth-order valence-corrected chi connectivity index (χ4v) is 3.20. The van der Waals surface area contributed by atoms with Gasteiger partial charge in [0.05, 0.1) is 11.1 Å². The topological polar surface area (TPSA) is 95.8 Å². The molecule has 3 aromatic rings. The van der Waals surface area contributed by atoms with Crippen molar-refractivity contribution in [2.24, 2.45) is 0 Å². The number of aromatic nitrogens is 3. The van der Waals surface area contributed by atoms with Crippen molar-refractivity contribution in [2.75, 3.05) is 26.9 Å². The Morgan fingerprint density at radius 2 is 1.93 bits per heavy atom. The number of ether oxygens (including phenoxy) is 3. The van der Waals surface area contributed by atoms with Crippen molar-refractivity contribution in [2.45, 2.75) is 20.0 Å². The van der Waals surface area contributed by atoms with Crippen LogP contribution >= 0.6 is 0 Å². The molecule has 1 aliphatic heterocycles. The highest BCUT2D eigenvalue weighted by Crippen LogP contribution is 2.31. The molecule has 0 radical (unpaired) electrons. The zero-order chi connectivity index (χ0) is 21.1. The lowest BCUT2D eigenvalue weighted by Crippen LogP contribution is -2.30. The third-order valence-corrected chi connectivity index (χ3v) is 4.83. The summed E-state index contributed by atoms with van der Waals surface area (Å²) in [4.78, 5) is 26.2. The Balaban J connectivity index is 1.34. The first-order valence-electron chi connectivity index (χ1n) is 9.68. The number of carbonyl (C=O) groups is 2. The predicted molar refractivity (Wildman–Crippen MR) is 107 cm³/mol. The molecule has 156 valence electrons. The fraction of sp³-hybridized carbons (Fsp3) is 0.333. The van der Waals surface area contributed by atoms with Crippen LogP contribution in [0.2, 0.25) is 0 Å². The highest BCUT2D eigenvalue weighted by molar-refractivity contribution is 5.94. The normalized spacial score (nSPS) is 12.6. The number of nitrogens with zero attached hydrogens (tertiary/aromatic N) is 4. The van der Waals surface area contributed by atoms with Crippen molar-refractivity contribution in [1.29, 1.82) is 0 Å². The van der Waals surface area contributed by atoms with Crippen LogP contribution in [-0.2, 0) is 22.6 Å². The number of benzene rings is 2. The molecule has 0 atom stereocenters. The summed E-state index contributed by atoms with van der Waals surface area (Å²) >= 11 is 0. The molecule has 0 fully saturated rings. The molecule has 0 saturated carbocycles. The van der Waals surface area contributed by atoms with E-state index < -0.39 is 5.97 Å². The standard InChI is InChI=1S/C21H22N4O5/c1-3-25-17-6-5-15(11-16(17)22-23-25)21(27)30-13-20(26)24(2)12-14-4-7-18-19(10-14)29-9-8-28-18/h4-7,10-11H,3,8-9,12-13H2,1-2H3. The molecule has 9 nitrogen and oxygen atoms in total. The zero-order valence-electron chi connectivity index (χ0n) is 16.8. The zero-order valence-corrected chi connectivity index (χ0v) is 16.8. The quantitative estimate of drug-likeness (QED) is 0.574. The van der Waals surface area contributed by atoms with Crippen LogP contribution < -0.4 is 9.47 Å². The van der Waals surface area contributed by atoms with Crippen LogP contribution in [0.4, 0.5) is 0 Å². The van der Waals surface area contributed by atoms with Crippen LogP contribution in [0, 0.1) is 0 Å². The Bertz CT molecular complexity index is 1090. The number of hydrogen-bond acceptors (Lipinski definition) is 7. The summed E-state index contributed by atoms with van der Waals surface area (Å²) < 4.78 is 18.0. The van der Waals surface area contributed by atoms with Gasteiger partial charge in [0, 0.05) is 20.1 Å². The maximum absolute atomic E-state index is 12.4. The summed E-state index contributed by atoms with van der Waals surface area (Å²) in [6, 6.07) is 10.6. The molecule has 2 heterocycles. The van der Waals surface area contributed by atoms with Crippen LogP contribution in [-0.4, -0.2) is 58.6 Å². The average Bonchev–Trinajstić information content (AvgIpc) is 3.19. The SMILES string of the molecule is CCn1nnc2cc(C(=O)OCC(=O)N(C)Cc3ccc4c(c3)OCCO4)ccc21. The second-order valence-electron chi connectivity index (χ2n) is 6.91. The maximum Gasteiger partial charge on any atom is 0.338 e. The van der Waals surface area contributed by atoms with Gasteiger partial charge >= 0.3 is 5.97 Å². The largest absolute Gasteiger partial charge is 0.486 e. The Morgan fingerprint density at radius 1 is 1.13 bits per heavy atom. The lowest BCUT2D eigenvalue weighted by molar-refractivity contribution is -0.133. The van der Waals surface area contributed by atoms with Crippen LogP contribution in [0.3, 0.4) is 0 Å². The maximum atomic E-state index is 12.4. The van der Waals surface area contributed by atoms with E-state index in [9.17, 15) is 9.59 Å². The van der Waals surface area contributed by atoms with E-state index in [1.807, 2.05) is 25.1 Å². The average molecular weight is 410 g/mol. The van der Waals surface area contributed by atoms with Gasteiger partial charge in [-0.05, 0) is 42.8 Å². The first-order valence-corrected chi connectivity index (χ1v) is 9.68. The van der Waals surface area contributed by atoms with Crippen LogP contribution in [0.5, 0.6) is 11.5 Å². The Hall–Kier alpha value is -3.62. The number of fused-ring (bicyclic) bond motifs is 2. The number of esters is 1.